The topological polar surface area (TPSA) is 41.3 Å². The molecule has 1 heterocycles. The van der Waals surface area contributed by atoms with Gasteiger partial charge < -0.3 is 16.0 Å². The van der Waals surface area contributed by atoms with E-state index in [1.807, 2.05) is 6.92 Å². The largest absolute Gasteiger partial charge is 0.383 e. The van der Waals surface area contributed by atoms with Crippen molar-refractivity contribution in [2.24, 2.45) is 5.73 Å². The second kappa shape index (κ2) is 5.81. The van der Waals surface area contributed by atoms with Crippen molar-refractivity contribution < 1.29 is 0 Å². The molecule has 86 valence electrons. The van der Waals surface area contributed by atoms with Gasteiger partial charge in [0.1, 0.15) is 0 Å². The predicted molar refractivity (Wildman–Crippen MR) is 65.4 cm³/mol. The predicted octanol–water partition coefficient (Wildman–Crippen LogP) is 1.44. The molecule has 1 saturated heterocycles. The Morgan fingerprint density at radius 1 is 1.53 bits per heavy atom. The molecule has 0 aliphatic carbocycles. The van der Waals surface area contributed by atoms with Crippen LogP contribution < -0.4 is 11.1 Å². The van der Waals surface area contributed by atoms with Crippen LogP contribution in [-0.4, -0.2) is 30.6 Å². The zero-order valence-corrected chi connectivity index (χ0v) is 9.92. The van der Waals surface area contributed by atoms with E-state index in [2.05, 4.69) is 29.8 Å². The third kappa shape index (κ3) is 3.96. The standard InChI is InChI=1S/C12H23N3/c1-4-10(2)14-9-11(3)15-7-5-12(13)6-8-15/h4,12,14H,3,5-9,13H2,1-2H3/b10-4-. The van der Waals surface area contributed by atoms with Gasteiger partial charge >= 0.3 is 0 Å². The van der Waals surface area contributed by atoms with Gasteiger partial charge in [0, 0.05) is 30.5 Å². The van der Waals surface area contributed by atoms with Crippen LogP contribution in [0.1, 0.15) is 26.7 Å². The van der Waals surface area contributed by atoms with Crippen molar-refractivity contribution >= 4 is 0 Å². The van der Waals surface area contributed by atoms with Gasteiger partial charge in [-0.1, -0.05) is 12.7 Å². The van der Waals surface area contributed by atoms with Gasteiger partial charge in [0.25, 0.3) is 0 Å². The fraction of sp³-hybridized carbons (Fsp3) is 0.667. The first kappa shape index (κ1) is 12.1. The molecule has 3 N–H and O–H groups in total. The zero-order valence-electron chi connectivity index (χ0n) is 9.92. The third-order valence-electron chi connectivity index (χ3n) is 2.99. The van der Waals surface area contributed by atoms with Crippen molar-refractivity contribution in [2.75, 3.05) is 19.6 Å². The highest BCUT2D eigenvalue weighted by Gasteiger charge is 2.16. The maximum absolute atomic E-state index is 5.86. The molecule has 0 atom stereocenters. The first-order valence-corrected chi connectivity index (χ1v) is 5.68. The average molecular weight is 209 g/mol. The van der Waals surface area contributed by atoms with Crippen LogP contribution >= 0.6 is 0 Å². The van der Waals surface area contributed by atoms with Crippen molar-refractivity contribution in [1.29, 1.82) is 0 Å². The van der Waals surface area contributed by atoms with Crippen LogP contribution in [0.3, 0.4) is 0 Å². The zero-order chi connectivity index (χ0) is 11.3. The lowest BCUT2D eigenvalue weighted by Crippen LogP contribution is -2.40. The number of nitrogens with zero attached hydrogens (tertiary/aromatic N) is 1. The summed E-state index contributed by atoms with van der Waals surface area (Å²) in [6.07, 6.45) is 4.24. The SMILES string of the molecule is C=C(CN/C(C)=C\C)N1CCC(N)CC1. The molecule has 3 heteroatoms. The first-order chi connectivity index (χ1) is 7.13. The van der Waals surface area contributed by atoms with Gasteiger partial charge in [0.15, 0.2) is 0 Å². The Bertz CT molecular complexity index is 237. The van der Waals surface area contributed by atoms with Crippen LogP contribution in [0.25, 0.3) is 0 Å². The summed E-state index contributed by atoms with van der Waals surface area (Å²) >= 11 is 0. The molecule has 0 saturated carbocycles. The average Bonchev–Trinajstić information content (AvgIpc) is 2.26. The molecule has 0 bridgehead atoms. The quantitative estimate of drug-likeness (QED) is 0.736. The van der Waals surface area contributed by atoms with E-state index in [1.165, 1.54) is 11.4 Å². The van der Waals surface area contributed by atoms with E-state index in [0.29, 0.717) is 6.04 Å². The number of nitrogens with two attached hydrogens (primary N) is 1. The second-order valence-electron chi connectivity index (χ2n) is 4.22. The van der Waals surface area contributed by atoms with Crippen LogP contribution in [-0.2, 0) is 0 Å². The van der Waals surface area contributed by atoms with Gasteiger partial charge in [0.2, 0.25) is 0 Å². The van der Waals surface area contributed by atoms with Crippen molar-refractivity contribution in [3.05, 3.63) is 24.0 Å². The Labute approximate surface area is 93.0 Å². The van der Waals surface area contributed by atoms with E-state index in [-0.39, 0.29) is 0 Å². The minimum Gasteiger partial charge on any atom is -0.383 e. The van der Waals surface area contributed by atoms with Crippen LogP contribution in [0.2, 0.25) is 0 Å². The molecule has 0 aromatic heterocycles. The van der Waals surface area contributed by atoms with Crippen molar-refractivity contribution in [3.8, 4) is 0 Å². The van der Waals surface area contributed by atoms with E-state index in [0.717, 1.165) is 32.5 Å². The van der Waals surface area contributed by atoms with Gasteiger partial charge in [0.05, 0.1) is 6.54 Å². The maximum atomic E-state index is 5.86. The third-order valence-corrected chi connectivity index (χ3v) is 2.99. The molecule has 1 fully saturated rings. The number of hydrogen-bond donors (Lipinski definition) is 2. The van der Waals surface area contributed by atoms with E-state index in [9.17, 15) is 0 Å². The van der Waals surface area contributed by atoms with Gasteiger partial charge in [-0.2, -0.15) is 0 Å². The lowest BCUT2D eigenvalue weighted by molar-refractivity contribution is 0.260. The number of rotatable bonds is 4. The van der Waals surface area contributed by atoms with Gasteiger partial charge in [-0.15, -0.1) is 0 Å². The monoisotopic (exact) mass is 209 g/mol. The minimum absolute atomic E-state index is 0.388. The van der Waals surface area contributed by atoms with E-state index in [4.69, 9.17) is 5.73 Å². The first-order valence-electron chi connectivity index (χ1n) is 5.68. The summed E-state index contributed by atoms with van der Waals surface area (Å²) in [5.74, 6) is 0. The van der Waals surface area contributed by atoms with Crippen LogP contribution in [0, 0.1) is 0 Å². The van der Waals surface area contributed by atoms with E-state index in [1.54, 1.807) is 0 Å². The highest BCUT2D eigenvalue weighted by atomic mass is 15.2. The lowest BCUT2D eigenvalue weighted by atomic mass is 10.1. The lowest BCUT2D eigenvalue weighted by Gasteiger charge is -2.33. The van der Waals surface area contributed by atoms with Gasteiger partial charge in [-0.3, -0.25) is 0 Å². The van der Waals surface area contributed by atoms with Crippen LogP contribution in [0.4, 0.5) is 0 Å². The smallest absolute Gasteiger partial charge is 0.0540 e. The molecule has 0 radical (unpaired) electrons. The minimum atomic E-state index is 0.388. The van der Waals surface area contributed by atoms with Crippen molar-refractivity contribution in [1.82, 2.24) is 10.2 Å². The Hall–Kier alpha value is -0.960. The summed E-state index contributed by atoms with van der Waals surface area (Å²) in [5.41, 5.74) is 8.23. The number of allylic oxidation sites excluding steroid dienone is 2. The summed E-state index contributed by atoms with van der Waals surface area (Å²) < 4.78 is 0. The van der Waals surface area contributed by atoms with Crippen LogP contribution in [0.15, 0.2) is 24.0 Å². The van der Waals surface area contributed by atoms with E-state index < -0.39 is 0 Å². The fourth-order valence-electron chi connectivity index (χ4n) is 1.67. The number of nitrogens with one attached hydrogen (secondary N) is 1. The van der Waals surface area contributed by atoms with Crippen molar-refractivity contribution in [2.45, 2.75) is 32.7 Å². The molecule has 3 nitrogen and oxygen atoms in total. The molecule has 0 aromatic rings. The molecule has 0 spiro atoms. The van der Waals surface area contributed by atoms with Crippen molar-refractivity contribution in [3.63, 3.8) is 0 Å². The van der Waals surface area contributed by atoms with Gasteiger partial charge in [-0.25, -0.2) is 0 Å². The highest BCUT2D eigenvalue weighted by molar-refractivity contribution is 5.03. The summed E-state index contributed by atoms with van der Waals surface area (Å²) in [6, 6.07) is 0.388. The summed E-state index contributed by atoms with van der Waals surface area (Å²) in [6.45, 7) is 11.1. The number of likely N-dealkylation sites (tertiary alicyclic amines) is 1. The van der Waals surface area contributed by atoms with Crippen LogP contribution in [0.5, 0.6) is 0 Å². The second-order valence-corrected chi connectivity index (χ2v) is 4.22. The summed E-state index contributed by atoms with van der Waals surface area (Å²) in [4.78, 5) is 2.33. The highest BCUT2D eigenvalue weighted by Crippen LogP contribution is 2.12. The number of hydrogen-bond acceptors (Lipinski definition) is 3. The molecular weight excluding hydrogens is 186 g/mol. The molecule has 0 unspecified atom stereocenters. The normalized spacial score (nSPS) is 19.1. The Kier molecular flexibility index (Phi) is 4.69. The molecule has 0 amide bonds. The van der Waals surface area contributed by atoms with E-state index >= 15 is 0 Å². The maximum Gasteiger partial charge on any atom is 0.0540 e. The van der Waals surface area contributed by atoms with Gasteiger partial charge in [-0.05, 0) is 26.7 Å². The Balaban J connectivity index is 2.28. The molecule has 1 rings (SSSR count). The molecule has 0 aromatic carbocycles. The summed E-state index contributed by atoms with van der Waals surface area (Å²) in [7, 11) is 0. The molecular formula is C12H23N3. The fourth-order valence-corrected chi connectivity index (χ4v) is 1.67. The molecule has 15 heavy (non-hydrogen) atoms. The summed E-state index contributed by atoms with van der Waals surface area (Å²) in [5, 5.41) is 3.33. The Morgan fingerprint density at radius 3 is 2.67 bits per heavy atom. The Morgan fingerprint density at radius 2 is 2.13 bits per heavy atom. The molecule has 1 aliphatic rings. The number of piperidine rings is 1. The molecule has 1 aliphatic heterocycles.